The molecule has 3 heteroatoms. The van der Waals surface area contributed by atoms with Crippen LogP contribution in [0.25, 0.3) is 0 Å². The Bertz CT molecular complexity index is 342. The summed E-state index contributed by atoms with van der Waals surface area (Å²) in [6.45, 7) is 2.15. The third-order valence-corrected chi connectivity index (χ3v) is 4.55. The highest BCUT2D eigenvalue weighted by molar-refractivity contribution is 5.08. The fourth-order valence-corrected chi connectivity index (χ4v) is 3.29. The molecule has 0 spiro atoms. The van der Waals surface area contributed by atoms with Crippen molar-refractivity contribution in [1.82, 2.24) is 4.90 Å². The summed E-state index contributed by atoms with van der Waals surface area (Å²) in [6.07, 6.45) is 10.8. The number of furan rings is 1. The minimum Gasteiger partial charge on any atom is -0.468 e. The van der Waals surface area contributed by atoms with Crippen LogP contribution in [0.5, 0.6) is 0 Å². The van der Waals surface area contributed by atoms with Gasteiger partial charge < -0.3 is 10.2 Å². The van der Waals surface area contributed by atoms with Crippen LogP contribution in [0.1, 0.15) is 63.7 Å². The zero-order chi connectivity index (χ0) is 13.7. The Hall–Kier alpha value is -0.800. The van der Waals surface area contributed by atoms with E-state index in [-0.39, 0.29) is 12.1 Å². The second-order valence-corrected chi connectivity index (χ2v) is 5.84. The molecule has 19 heavy (non-hydrogen) atoms. The molecule has 0 amide bonds. The van der Waals surface area contributed by atoms with Crippen LogP contribution in [0.3, 0.4) is 0 Å². The van der Waals surface area contributed by atoms with Crippen molar-refractivity contribution in [2.45, 2.75) is 70.0 Å². The van der Waals surface area contributed by atoms with Gasteiger partial charge in [0.05, 0.1) is 12.3 Å². The third-order valence-electron chi connectivity index (χ3n) is 4.55. The Morgan fingerprint density at radius 1 is 1.32 bits per heavy atom. The number of nitrogens with zero attached hydrogens (tertiary/aromatic N) is 1. The van der Waals surface area contributed by atoms with Crippen LogP contribution in [0.15, 0.2) is 22.8 Å². The van der Waals surface area contributed by atoms with Gasteiger partial charge in [0.25, 0.3) is 0 Å². The molecule has 1 aliphatic rings. The molecular weight excluding hydrogens is 236 g/mol. The molecule has 1 aromatic rings. The molecule has 2 N–H and O–H groups in total. The van der Waals surface area contributed by atoms with E-state index in [0.717, 1.165) is 12.2 Å². The van der Waals surface area contributed by atoms with E-state index in [9.17, 15) is 0 Å². The predicted octanol–water partition coefficient (Wildman–Crippen LogP) is 3.71. The fourth-order valence-electron chi connectivity index (χ4n) is 3.29. The maximum Gasteiger partial charge on any atom is 0.122 e. The largest absolute Gasteiger partial charge is 0.468 e. The molecular formula is C16H28N2O. The van der Waals surface area contributed by atoms with E-state index in [1.807, 2.05) is 6.07 Å². The highest BCUT2D eigenvalue weighted by atomic mass is 16.3. The van der Waals surface area contributed by atoms with Crippen molar-refractivity contribution in [1.29, 1.82) is 0 Å². The van der Waals surface area contributed by atoms with Crippen molar-refractivity contribution in [2.75, 3.05) is 7.05 Å². The Kier molecular flexibility index (Phi) is 5.46. The summed E-state index contributed by atoms with van der Waals surface area (Å²) in [5, 5.41) is 0. The molecule has 108 valence electrons. The average molecular weight is 264 g/mol. The molecule has 1 aliphatic carbocycles. The summed E-state index contributed by atoms with van der Waals surface area (Å²) in [4.78, 5) is 2.47. The van der Waals surface area contributed by atoms with Crippen LogP contribution in [0.4, 0.5) is 0 Å². The van der Waals surface area contributed by atoms with Gasteiger partial charge in [-0.1, -0.05) is 32.6 Å². The van der Waals surface area contributed by atoms with Crippen molar-refractivity contribution in [3.63, 3.8) is 0 Å². The van der Waals surface area contributed by atoms with Crippen molar-refractivity contribution in [3.05, 3.63) is 24.2 Å². The first-order valence-electron chi connectivity index (χ1n) is 7.75. The maximum absolute atomic E-state index is 6.35. The smallest absolute Gasteiger partial charge is 0.122 e. The number of hydrogen-bond acceptors (Lipinski definition) is 3. The van der Waals surface area contributed by atoms with Gasteiger partial charge in [0.2, 0.25) is 0 Å². The lowest BCUT2D eigenvalue weighted by Gasteiger charge is -2.36. The van der Waals surface area contributed by atoms with E-state index in [0.29, 0.717) is 6.04 Å². The molecule has 0 saturated heterocycles. The normalized spacial score (nSPS) is 21.3. The highest BCUT2D eigenvalue weighted by Crippen LogP contribution is 2.31. The van der Waals surface area contributed by atoms with Gasteiger partial charge in [-0.25, -0.2) is 0 Å². The van der Waals surface area contributed by atoms with Crippen molar-refractivity contribution < 1.29 is 4.42 Å². The van der Waals surface area contributed by atoms with Crippen molar-refractivity contribution in [3.8, 4) is 0 Å². The third kappa shape index (κ3) is 3.61. The molecule has 2 atom stereocenters. The number of likely N-dealkylation sites (N-methyl/N-ethyl adjacent to an activating group) is 1. The molecule has 0 aliphatic heterocycles. The van der Waals surface area contributed by atoms with Crippen LogP contribution < -0.4 is 5.73 Å². The van der Waals surface area contributed by atoms with E-state index in [1.54, 1.807) is 6.26 Å². The molecule has 1 aromatic heterocycles. The van der Waals surface area contributed by atoms with Gasteiger partial charge in [-0.3, -0.25) is 4.90 Å². The summed E-state index contributed by atoms with van der Waals surface area (Å²) in [7, 11) is 2.22. The summed E-state index contributed by atoms with van der Waals surface area (Å²) >= 11 is 0. The Labute approximate surface area is 117 Å². The molecule has 0 radical (unpaired) electrons. The van der Waals surface area contributed by atoms with E-state index < -0.39 is 0 Å². The van der Waals surface area contributed by atoms with Gasteiger partial charge in [-0.15, -0.1) is 0 Å². The molecule has 1 fully saturated rings. The molecule has 1 saturated carbocycles. The standard InChI is InChI=1S/C16H28N2O/c1-3-14(17)16(15-11-8-12-19-15)18(2)13-9-6-4-5-7-10-13/h8,11-14,16H,3-7,9-10,17H2,1-2H3. The van der Waals surface area contributed by atoms with Gasteiger partial charge in [-0.05, 0) is 38.4 Å². The summed E-state index contributed by atoms with van der Waals surface area (Å²) in [6, 6.07) is 5.02. The second-order valence-electron chi connectivity index (χ2n) is 5.84. The van der Waals surface area contributed by atoms with Crippen LogP contribution in [0.2, 0.25) is 0 Å². The molecule has 3 nitrogen and oxygen atoms in total. The van der Waals surface area contributed by atoms with Crippen molar-refractivity contribution in [2.24, 2.45) is 5.73 Å². The van der Waals surface area contributed by atoms with E-state index in [4.69, 9.17) is 10.2 Å². The first-order chi connectivity index (χ1) is 9.24. The van der Waals surface area contributed by atoms with E-state index in [2.05, 4.69) is 24.9 Å². The highest BCUT2D eigenvalue weighted by Gasteiger charge is 2.30. The molecule has 2 unspecified atom stereocenters. The monoisotopic (exact) mass is 264 g/mol. The van der Waals surface area contributed by atoms with Crippen molar-refractivity contribution >= 4 is 0 Å². The zero-order valence-electron chi connectivity index (χ0n) is 12.3. The molecule has 2 rings (SSSR count). The first kappa shape index (κ1) is 14.6. The summed E-state index contributed by atoms with van der Waals surface area (Å²) in [5.41, 5.74) is 6.35. The maximum atomic E-state index is 6.35. The minimum absolute atomic E-state index is 0.138. The first-order valence-corrected chi connectivity index (χ1v) is 7.75. The predicted molar refractivity (Wildman–Crippen MR) is 79.0 cm³/mol. The molecule has 0 bridgehead atoms. The summed E-state index contributed by atoms with van der Waals surface area (Å²) in [5.74, 6) is 1.01. The SMILES string of the molecule is CCC(N)C(c1ccco1)N(C)C1CCCCCC1. The lowest BCUT2D eigenvalue weighted by atomic mass is 9.98. The summed E-state index contributed by atoms with van der Waals surface area (Å²) < 4.78 is 5.64. The Morgan fingerprint density at radius 3 is 2.53 bits per heavy atom. The number of nitrogens with two attached hydrogens (primary N) is 1. The van der Waals surface area contributed by atoms with Crippen LogP contribution in [-0.4, -0.2) is 24.0 Å². The lowest BCUT2D eigenvalue weighted by Crippen LogP contribution is -2.43. The van der Waals surface area contributed by atoms with Gasteiger partial charge in [0, 0.05) is 12.1 Å². The van der Waals surface area contributed by atoms with Gasteiger partial charge in [0.1, 0.15) is 5.76 Å². The van der Waals surface area contributed by atoms with Crippen LogP contribution in [-0.2, 0) is 0 Å². The van der Waals surface area contributed by atoms with Gasteiger partial charge in [-0.2, -0.15) is 0 Å². The number of rotatable bonds is 5. The quantitative estimate of drug-likeness (QED) is 0.824. The van der Waals surface area contributed by atoms with E-state index in [1.165, 1.54) is 38.5 Å². The van der Waals surface area contributed by atoms with Gasteiger partial charge in [0.15, 0.2) is 0 Å². The van der Waals surface area contributed by atoms with Crippen LogP contribution in [0, 0.1) is 0 Å². The zero-order valence-corrected chi connectivity index (χ0v) is 12.3. The molecule has 1 heterocycles. The average Bonchev–Trinajstić information content (AvgIpc) is 2.79. The Balaban J connectivity index is 2.12. The lowest BCUT2D eigenvalue weighted by molar-refractivity contribution is 0.118. The molecule has 0 aromatic carbocycles. The Morgan fingerprint density at radius 2 is 2.00 bits per heavy atom. The van der Waals surface area contributed by atoms with Gasteiger partial charge >= 0.3 is 0 Å². The van der Waals surface area contributed by atoms with E-state index >= 15 is 0 Å². The number of hydrogen-bond donors (Lipinski definition) is 1. The van der Waals surface area contributed by atoms with Crippen LogP contribution >= 0.6 is 0 Å². The fraction of sp³-hybridized carbons (Fsp3) is 0.750. The second kappa shape index (κ2) is 7.11. The minimum atomic E-state index is 0.138. The topological polar surface area (TPSA) is 42.4 Å².